The third kappa shape index (κ3) is 3.80. The quantitative estimate of drug-likeness (QED) is 0.780. The highest BCUT2D eigenvalue weighted by molar-refractivity contribution is 7.89. The van der Waals surface area contributed by atoms with Crippen LogP contribution in [0.25, 0.3) is 0 Å². The van der Waals surface area contributed by atoms with Crippen LogP contribution >= 0.6 is 11.6 Å². The topological polar surface area (TPSA) is 110 Å². The number of primary amides is 1. The summed E-state index contributed by atoms with van der Waals surface area (Å²) in [6.07, 6.45) is 0.787. The lowest BCUT2D eigenvalue weighted by molar-refractivity contribution is -0.127. The van der Waals surface area contributed by atoms with Crippen molar-refractivity contribution >= 4 is 33.4 Å². The molecule has 1 saturated heterocycles. The molecule has 2 amide bonds. The molecule has 1 fully saturated rings. The summed E-state index contributed by atoms with van der Waals surface area (Å²) in [4.78, 5) is 22.5. The number of rotatable bonds is 5. The van der Waals surface area contributed by atoms with E-state index in [1.54, 1.807) is 0 Å². The van der Waals surface area contributed by atoms with Crippen molar-refractivity contribution in [3.8, 4) is 0 Å². The Morgan fingerprint density at radius 2 is 2.13 bits per heavy atom. The fourth-order valence-electron chi connectivity index (χ4n) is 2.39. The lowest BCUT2D eigenvalue weighted by Crippen LogP contribution is -2.47. The van der Waals surface area contributed by atoms with E-state index < -0.39 is 33.7 Å². The number of halogens is 2. The Morgan fingerprint density at radius 3 is 2.74 bits per heavy atom. The number of sulfonamides is 1. The highest BCUT2D eigenvalue weighted by Crippen LogP contribution is 2.30. The summed E-state index contributed by atoms with van der Waals surface area (Å²) < 4.78 is 39.4. The normalized spacial score (nSPS) is 18.8. The molecule has 0 bridgehead atoms. The molecule has 1 heterocycles. The van der Waals surface area contributed by atoms with Crippen LogP contribution < -0.4 is 11.1 Å². The number of carbonyl (C=O) groups excluding carboxylic acids is 2. The molecule has 0 aliphatic carbocycles. The summed E-state index contributed by atoms with van der Waals surface area (Å²) in [6.45, 7) is -0.245. The van der Waals surface area contributed by atoms with Crippen molar-refractivity contribution in [3.05, 3.63) is 29.0 Å². The Kier molecular flexibility index (Phi) is 5.23. The molecular weight excluding hydrogens is 349 g/mol. The van der Waals surface area contributed by atoms with Crippen LogP contribution in [0.4, 0.5) is 4.39 Å². The third-order valence-corrected chi connectivity index (χ3v) is 5.81. The summed E-state index contributed by atoms with van der Waals surface area (Å²) in [5.41, 5.74) is 4.95. The van der Waals surface area contributed by atoms with Crippen LogP contribution in [0.2, 0.25) is 5.02 Å². The molecular formula is C13H15ClFN3O4S. The summed E-state index contributed by atoms with van der Waals surface area (Å²) in [5, 5.41) is 2.03. The van der Waals surface area contributed by atoms with Gasteiger partial charge in [-0.15, -0.1) is 0 Å². The summed E-state index contributed by atoms with van der Waals surface area (Å²) in [7, 11) is -4.06. The Labute approximate surface area is 137 Å². The molecule has 0 spiro atoms. The Bertz CT molecular complexity index is 741. The molecule has 23 heavy (non-hydrogen) atoms. The van der Waals surface area contributed by atoms with Gasteiger partial charge in [0.15, 0.2) is 0 Å². The SMILES string of the molecule is NC(=O)CNC(=O)C1CCCN1S(=O)(=O)c1ccc(F)cc1Cl. The summed E-state index contributed by atoms with van der Waals surface area (Å²) >= 11 is 5.81. The van der Waals surface area contributed by atoms with Crippen LogP contribution in [0.15, 0.2) is 23.1 Å². The minimum absolute atomic E-state index is 0.130. The van der Waals surface area contributed by atoms with Crippen LogP contribution in [-0.2, 0) is 19.6 Å². The standard InChI is InChI=1S/C13H15ClFN3O4S/c14-9-6-8(15)3-4-11(9)23(21,22)18-5-1-2-10(18)13(20)17-7-12(16)19/h3-4,6,10H,1-2,5,7H2,(H2,16,19)(H,17,20). The van der Waals surface area contributed by atoms with E-state index in [1.165, 1.54) is 0 Å². The van der Waals surface area contributed by atoms with Gasteiger partial charge in [0.1, 0.15) is 16.8 Å². The second-order valence-electron chi connectivity index (χ2n) is 5.03. The van der Waals surface area contributed by atoms with Crippen molar-refractivity contribution in [2.75, 3.05) is 13.1 Å². The van der Waals surface area contributed by atoms with E-state index in [4.69, 9.17) is 17.3 Å². The van der Waals surface area contributed by atoms with Crippen LogP contribution in [-0.4, -0.2) is 43.7 Å². The van der Waals surface area contributed by atoms with Gasteiger partial charge in [-0.3, -0.25) is 9.59 Å². The van der Waals surface area contributed by atoms with E-state index in [0.29, 0.717) is 12.8 Å². The second kappa shape index (κ2) is 6.81. The number of nitrogens with zero attached hydrogens (tertiary/aromatic N) is 1. The zero-order chi connectivity index (χ0) is 17.2. The monoisotopic (exact) mass is 363 g/mol. The van der Waals surface area contributed by atoms with E-state index in [1.807, 2.05) is 0 Å². The molecule has 2 rings (SSSR count). The molecule has 0 saturated carbocycles. The maximum atomic E-state index is 13.1. The van der Waals surface area contributed by atoms with Crippen molar-refractivity contribution in [2.24, 2.45) is 5.73 Å². The highest BCUT2D eigenvalue weighted by atomic mass is 35.5. The van der Waals surface area contributed by atoms with Crippen molar-refractivity contribution in [2.45, 2.75) is 23.8 Å². The van der Waals surface area contributed by atoms with E-state index in [-0.39, 0.29) is 23.0 Å². The van der Waals surface area contributed by atoms with Gasteiger partial charge in [-0.05, 0) is 31.0 Å². The first-order chi connectivity index (χ1) is 10.7. The van der Waals surface area contributed by atoms with Crippen LogP contribution in [0.3, 0.4) is 0 Å². The minimum Gasteiger partial charge on any atom is -0.368 e. The number of carbonyl (C=O) groups is 2. The second-order valence-corrected chi connectivity index (χ2v) is 7.30. The van der Waals surface area contributed by atoms with Crippen molar-refractivity contribution in [1.82, 2.24) is 9.62 Å². The van der Waals surface area contributed by atoms with E-state index >= 15 is 0 Å². The first kappa shape index (κ1) is 17.6. The average molecular weight is 364 g/mol. The molecule has 1 aromatic rings. The molecule has 1 aromatic carbocycles. The molecule has 7 nitrogen and oxygen atoms in total. The van der Waals surface area contributed by atoms with Gasteiger partial charge in [-0.2, -0.15) is 4.31 Å². The lowest BCUT2D eigenvalue weighted by Gasteiger charge is -2.23. The number of amides is 2. The highest BCUT2D eigenvalue weighted by Gasteiger charge is 2.40. The van der Waals surface area contributed by atoms with Crippen LogP contribution in [0.1, 0.15) is 12.8 Å². The van der Waals surface area contributed by atoms with Gasteiger partial charge in [0.25, 0.3) is 0 Å². The zero-order valence-corrected chi connectivity index (χ0v) is 13.5. The molecule has 0 aromatic heterocycles. The number of hydrogen-bond donors (Lipinski definition) is 2. The van der Waals surface area contributed by atoms with Gasteiger partial charge >= 0.3 is 0 Å². The van der Waals surface area contributed by atoms with Gasteiger partial charge in [0.05, 0.1) is 11.6 Å². The predicted molar refractivity (Wildman–Crippen MR) is 80.5 cm³/mol. The Hall–Kier alpha value is -1.71. The maximum absolute atomic E-state index is 13.1. The smallest absolute Gasteiger partial charge is 0.245 e. The third-order valence-electron chi connectivity index (χ3n) is 3.42. The first-order valence-electron chi connectivity index (χ1n) is 6.76. The molecule has 3 N–H and O–H groups in total. The number of nitrogens with two attached hydrogens (primary N) is 1. The Balaban J connectivity index is 2.27. The maximum Gasteiger partial charge on any atom is 0.245 e. The predicted octanol–water partition coefficient (Wildman–Crippen LogP) is 0.234. The largest absolute Gasteiger partial charge is 0.368 e. The van der Waals surface area contributed by atoms with Gasteiger partial charge in [-0.1, -0.05) is 11.6 Å². The van der Waals surface area contributed by atoms with Crippen LogP contribution in [0.5, 0.6) is 0 Å². The number of benzene rings is 1. The molecule has 126 valence electrons. The van der Waals surface area contributed by atoms with E-state index in [2.05, 4.69) is 5.32 Å². The van der Waals surface area contributed by atoms with Crippen molar-refractivity contribution in [3.63, 3.8) is 0 Å². The number of hydrogen-bond acceptors (Lipinski definition) is 4. The summed E-state index contributed by atoms with van der Waals surface area (Å²) in [6, 6.07) is 1.98. The van der Waals surface area contributed by atoms with Gasteiger partial charge in [0, 0.05) is 6.54 Å². The molecule has 1 unspecified atom stereocenters. The van der Waals surface area contributed by atoms with E-state index in [0.717, 1.165) is 22.5 Å². The molecule has 0 radical (unpaired) electrons. The minimum atomic E-state index is -4.06. The number of nitrogens with one attached hydrogen (secondary N) is 1. The molecule has 1 aliphatic heterocycles. The van der Waals surface area contributed by atoms with Crippen molar-refractivity contribution in [1.29, 1.82) is 0 Å². The van der Waals surface area contributed by atoms with Crippen molar-refractivity contribution < 1.29 is 22.4 Å². The van der Waals surface area contributed by atoms with Gasteiger partial charge < -0.3 is 11.1 Å². The van der Waals surface area contributed by atoms with E-state index in [9.17, 15) is 22.4 Å². The molecule has 10 heteroatoms. The molecule has 1 atom stereocenters. The molecule has 1 aliphatic rings. The average Bonchev–Trinajstić information content (AvgIpc) is 2.94. The lowest BCUT2D eigenvalue weighted by atomic mass is 10.2. The zero-order valence-electron chi connectivity index (χ0n) is 12.0. The Morgan fingerprint density at radius 1 is 1.43 bits per heavy atom. The van der Waals surface area contributed by atoms with Gasteiger partial charge in [0.2, 0.25) is 21.8 Å². The first-order valence-corrected chi connectivity index (χ1v) is 8.58. The fraction of sp³-hybridized carbons (Fsp3) is 0.385. The summed E-state index contributed by atoms with van der Waals surface area (Å²) in [5.74, 6) is -2.00. The van der Waals surface area contributed by atoms with Gasteiger partial charge in [-0.25, -0.2) is 12.8 Å². The van der Waals surface area contributed by atoms with Crippen LogP contribution in [0, 0.1) is 5.82 Å². The fourth-order valence-corrected chi connectivity index (χ4v) is 4.56.